The number of aromatic carboxylic acids is 1. The first-order valence-corrected chi connectivity index (χ1v) is 6.68. The van der Waals surface area contributed by atoms with Crippen molar-refractivity contribution in [2.75, 3.05) is 5.43 Å². The third-order valence-electron chi connectivity index (χ3n) is 2.71. The molecule has 0 fully saturated rings. The van der Waals surface area contributed by atoms with Crippen LogP contribution in [0.2, 0.25) is 5.02 Å². The van der Waals surface area contributed by atoms with Crippen LogP contribution in [0, 0.1) is 0 Å². The summed E-state index contributed by atoms with van der Waals surface area (Å²) in [6.45, 7) is -2.88. The van der Waals surface area contributed by atoms with Crippen molar-refractivity contribution in [3.8, 4) is 5.75 Å². The van der Waals surface area contributed by atoms with Crippen molar-refractivity contribution < 1.29 is 23.4 Å². The Morgan fingerprint density at radius 2 is 1.96 bits per heavy atom. The number of hydrazone groups is 1. The molecule has 0 spiro atoms. The summed E-state index contributed by atoms with van der Waals surface area (Å²) in [5.74, 6) is -1.29. The molecular weight excluding hydrogens is 330 g/mol. The number of benzene rings is 2. The van der Waals surface area contributed by atoms with Gasteiger partial charge in [0.2, 0.25) is 0 Å². The maximum Gasteiger partial charge on any atom is 0.387 e. The van der Waals surface area contributed by atoms with Crippen LogP contribution in [0.4, 0.5) is 14.5 Å². The molecule has 2 aromatic carbocycles. The Hall–Kier alpha value is -2.67. The number of carboxylic acid groups (broad SMARTS) is 1. The van der Waals surface area contributed by atoms with Crippen molar-refractivity contribution >= 4 is 29.5 Å². The van der Waals surface area contributed by atoms with Gasteiger partial charge < -0.3 is 14.6 Å². The fourth-order valence-corrected chi connectivity index (χ4v) is 1.81. The zero-order chi connectivity index (χ0) is 16.8. The second-order valence-electron chi connectivity index (χ2n) is 4.30. The van der Waals surface area contributed by atoms with Crippen LogP contribution in [0.3, 0.4) is 0 Å². The van der Waals surface area contributed by atoms with Crippen LogP contribution in [0.15, 0.2) is 47.6 Å². The van der Waals surface area contributed by atoms with Gasteiger partial charge in [-0.3, -0.25) is 5.43 Å². The predicted octanol–water partition coefficient (Wildman–Crippen LogP) is 2.75. The second-order valence-corrected chi connectivity index (χ2v) is 4.71. The van der Waals surface area contributed by atoms with E-state index in [1.54, 1.807) is 0 Å². The normalized spacial score (nSPS) is 11.0. The standard InChI is InChI=1S/C15H11ClF2N2O3/c16-12-6-3-10(14(21)22)7-13(12)20-19-8-9-1-4-11(5-2-9)23-15(17)18/h1-8,15,20H,(H,21,22)/p-1/b19-8-. The van der Waals surface area contributed by atoms with Crippen LogP contribution < -0.4 is 15.3 Å². The number of anilines is 1. The molecule has 8 heteroatoms. The molecule has 0 aromatic heterocycles. The molecule has 0 aliphatic heterocycles. The summed E-state index contributed by atoms with van der Waals surface area (Å²) in [7, 11) is 0. The Bertz CT molecular complexity index is 721. The highest BCUT2D eigenvalue weighted by molar-refractivity contribution is 6.33. The molecule has 1 N–H and O–H groups in total. The van der Waals surface area contributed by atoms with E-state index in [2.05, 4.69) is 15.3 Å². The number of carboxylic acids is 1. The van der Waals surface area contributed by atoms with Gasteiger partial charge in [-0.25, -0.2) is 0 Å². The zero-order valence-corrected chi connectivity index (χ0v) is 12.3. The van der Waals surface area contributed by atoms with Gasteiger partial charge in [-0.1, -0.05) is 17.7 Å². The minimum Gasteiger partial charge on any atom is -0.545 e. The fourth-order valence-electron chi connectivity index (χ4n) is 1.65. The second kappa shape index (κ2) is 7.55. The van der Waals surface area contributed by atoms with Gasteiger partial charge in [0, 0.05) is 0 Å². The van der Waals surface area contributed by atoms with Gasteiger partial charge in [-0.15, -0.1) is 0 Å². The molecule has 0 aliphatic rings. The van der Waals surface area contributed by atoms with E-state index in [4.69, 9.17) is 11.6 Å². The highest BCUT2D eigenvalue weighted by Gasteiger charge is 2.03. The number of nitrogens with one attached hydrogen (secondary N) is 1. The van der Waals surface area contributed by atoms with E-state index in [0.717, 1.165) is 0 Å². The molecular formula is C15H10ClF2N2O3-. The molecule has 0 bridgehead atoms. The third kappa shape index (κ3) is 4.93. The van der Waals surface area contributed by atoms with Gasteiger partial charge in [-0.05, 0) is 47.5 Å². The van der Waals surface area contributed by atoms with E-state index >= 15 is 0 Å². The van der Waals surface area contributed by atoms with E-state index in [1.165, 1.54) is 48.7 Å². The molecule has 0 heterocycles. The lowest BCUT2D eigenvalue weighted by atomic mass is 10.2. The topological polar surface area (TPSA) is 73.8 Å². The molecule has 2 rings (SSSR count). The van der Waals surface area contributed by atoms with Gasteiger partial charge in [0.1, 0.15) is 5.75 Å². The zero-order valence-electron chi connectivity index (χ0n) is 11.5. The van der Waals surface area contributed by atoms with Gasteiger partial charge >= 0.3 is 6.61 Å². The average molecular weight is 340 g/mol. The molecule has 120 valence electrons. The summed E-state index contributed by atoms with van der Waals surface area (Å²) < 4.78 is 28.3. The summed E-state index contributed by atoms with van der Waals surface area (Å²) in [5.41, 5.74) is 3.47. The van der Waals surface area contributed by atoms with Crippen molar-refractivity contribution in [1.29, 1.82) is 0 Å². The molecule has 5 nitrogen and oxygen atoms in total. The number of rotatable bonds is 6. The average Bonchev–Trinajstić information content (AvgIpc) is 2.50. The highest BCUT2D eigenvalue weighted by atomic mass is 35.5. The highest BCUT2D eigenvalue weighted by Crippen LogP contribution is 2.23. The summed E-state index contributed by atoms with van der Waals surface area (Å²) >= 11 is 5.91. The SMILES string of the molecule is O=C([O-])c1ccc(Cl)c(N/N=C\c2ccc(OC(F)F)cc2)c1. The van der Waals surface area contributed by atoms with Crippen molar-refractivity contribution in [1.82, 2.24) is 0 Å². The van der Waals surface area contributed by atoms with Crippen LogP contribution in [-0.4, -0.2) is 18.8 Å². The molecule has 0 unspecified atom stereocenters. The van der Waals surface area contributed by atoms with Gasteiger partial charge in [-0.2, -0.15) is 13.9 Å². The van der Waals surface area contributed by atoms with Crippen molar-refractivity contribution in [3.63, 3.8) is 0 Å². The monoisotopic (exact) mass is 339 g/mol. The molecule has 0 amide bonds. The molecule has 0 saturated heterocycles. The lowest BCUT2D eigenvalue weighted by Crippen LogP contribution is -2.22. The van der Waals surface area contributed by atoms with Crippen LogP contribution >= 0.6 is 11.6 Å². The number of hydrogen-bond acceptors (Lipinski definition) is 5. The molecule has 23 heavy (non-hydrogen) atoms. The number of hydrogen-bond donors (Lipinski definition) is 1. The fraction of sp³-hybridized carbons (Fsp3) is 0.0667. The van der Waals surface area contributed by atoms with E-state index in [9.17, 15) is 18.7 Å². The molecule has 0 aliphatic carbocycles. The lowest BCUT2D eigenvalue weighted by molar-refractivity contribution is -0.255. The Morgan fingerprint density at radius 1 is 1.26 bits per heavy atom. The van der Waals surface area contributed by atoms with Gasteiger partial charge in [0.05, 0.1) is 22.9 Å². The Balaban J connectivity index is 2.04. The minimum absolute atomic E-state index is 0.0369. The Kier molecular flexibility index (Phi) is 5.48. The first kappa shape index (κ1) is 16.7. The Morgan fingerprint density at radius 3 is 2.57 bits per heavy atom. The first-order valence-electron chi connectivity index (χ1n) is 6.30. The van der Waals surface area contributed by atoms with E-state index in [0.29, 0.717) is 11.3 Å². The largest absolute Gasteiger partial charge is 0.545 e. The summed E-state index contributed by atoms with van der Waals surface area (Å²) in [6, 6.07) is 9.81. The Labute approximate surface area is 135 Å². The van der Waals surface area contributed by atoms with Crippen LogP contribution in [0.5, 0.6) is 5.75 Å². The maximum atomic E-state index is 12.0. The van der Waals surface area contributed by atoms with Crippen LogP contribution in [0.1, 0.15) is 15.9 Å². The predicted molar refractivity (Wildman–Crippen MR) is 80.1 cm³/mol. The van der Waals surface area contributed by atoms with Crippen molar-refractivity contribution in [2.45, 2.75) is 6.61 Å². The lowest BCUT2D eigenvalue weighted by Gasteiger charge is -2.07. The number of halogens is 3. The summed E-state index contributed by atoms with van der Waals surface area (Å²) in [4.78, 5) is 10.8. The maximum absolute atomic E-state index is 12.0. The smallest absolute Gasteiger partial charge is 0.387 e. The van der Waals surface area contributed by atoms with Crippen molar-refractivity contribution in [3.05, 3.63) is 58.6 Å². The summed E-state index contributed by atoms with van der Waals surface area (Å²) in [5, 5.41) is 15.0. The first-order chi connectivity index (χ1) is 11.0. The van der Waals surface area contributed by atoms with E-state index in [-0.39, 0.29) is 16.3 Å². The van der Waals surface area contributed by atoms with Gasteiger partial charge in [0.25, 0.3) is 0 Å². The van der Waals surface area contributed by atoms with E-state index < -0.39 is 12.6 Å². The number of carbonyl (C=O) groups is 1. The minimum atomic E-state index is -2.88. The third-order valence-corrected chi connectivity index (χ3v) is 3.04. The molecule has 0 atom stereocenters. The number of carbonyl (C=O) groups excluding carboxylic acids is 1. The summed E-state index contributed by atoms with van der Waals surface area (Å²) in [6.07, 6.45) is 1.41. The molecule has 0 radical (unpaired) electrons. The molecule has 0 saturated carbocycles. The van der Waals surface area contributed by atoms with Crippen LogP contribution in [-0.2, 0) is 0 Å². The number of alkyl halides is 2. The van der Waals surface area contributed by atoms with Gasteiger partial charge in [0.15, 0.2) is 0 Å². The van der Waals surface area contributed by atoms with Crippen molar-refractivity contribution in [2.24, 2.45) is 5.10 Å². The quantitative estimate of drug-likeness (QED) is 0.648. The van der Waals surface area contributed by atoms with Crippen LogP contribution in [0.25, 0.3) is 0 Å². The number of ether oxygens (including phenoxy) is 1. The number of nitrogens with zero attached hydrogens (tertiary/aromatic N) is 1. The molecule has 2 aromatic rings. The van der Waals surface area contributed by atoms with E-state index in [1.807, 2.05) is 0 Å².